The number of carbonyl (C=O) groups excluding carboxylic acids is 2. The highest BCUT2D eigenvalue weighted by molar-refractivity contribution is 7.99. The van der Waals surface area contributed by atoms with Crippen LogP contribution >= 0.6 is 11.8 Å². The first-order valence-corrected chi connectivity index (χ1v) is 9.97. The zero-order valence-corrected chi connectivity index (χ0v) is 16.8. The summed E-state index contributed by atoms with van der Waals surface area (Å²) in [5.74, 6) is 1.48. The number of hydrogen-bond donors (Lipinski definition) is 2. The number of amides is 3. The molecule has 0 spiro atoms. The average Bonchev–Trinajstić information content (AvgIpc) is 3.22. The molecule has 2 N–H and O–H groups in total. The monoisotopic (exact) mass is 408 g/mol. The van der Waals surface area contributed by atoms with Crippen molar-refractivity contribution in [2.45, 2.75) is 36.3 Å². The van der Waals surface area contributed by atoms with Gasteiger partial charge in [0.15, 0.2) is 6.04 Å². The first kappa shape index (κ1) is 19.1. The van der Waals surface area contributed by atoms with Crippen molar-refractivity contribution < 1.29 is 18.7 Å². The van der Waals surface area contributed by atoms with Crippen LogP contribution in [0.4, 0.5) is 4.79 Å². The van der Waals surface area contributed by atoms with E-state index in [1.54, 1.807) is 0 Å². The van der Waals surface area contributed by atoms with E-state index < -0.39 is 18.0 Å². The molecular formula is C22H20N2O4S. The van der Waals surface area contributed by atoms with Crippen molar-refractivity contribution in [3.8, 4) is 5.75 Å². The Hall–Kier alpha value is -3.19. The van der Waals surface area contributed by atoms with Crippen molar-refractivity contribution in [1.29, 1.82) is 0 Å². The fourth-order valence-corrected chi connectivity index (χ4v) is 4.10. The maximum atomic E-state index is 12.0. The van der Waals surface area contributed by atoms with Crippen LogP contribution in [-0.4, -0.2) is 11.9 Å². The minimum Gasteiger partial charge on any atom is -0.489 e. The van der Waals surface area contributed by atoms with E-state index in [2.05, 4.69) is 29.7 Å². The molecule has 0 radical (unpaired) electrons. The number of aryl methyl sites for hydroxylation is 2. The van der Waals surface area contributed by atoms with Gasteiger partial charge in [0.1, 0.15) is 23.9 Å². The Balaban J connectivity index is 1.44. The second kappa shape index (κ2) is 8.05. The van der Waals surface area contributed by atoms with Gasteiger partial charge in [-0.05, 0) is 49.7 Å². The number of benzene rings is 2. The number of hydrogen-bond acceptors (Lipinski definition) is 5. The number of nitrogens with one attached hydrogen (secondary N) is 2. The van der Waals surface area contributed by atoms with Crippen LogP contribution in [0, 0.1) is 13.8 Å². The van der Waals surface area contributed by atoms with Gasteiger partial charge in [0, 0.05) is 4.90 Å². The van der Waals surface area contributed by atoms with Gasteiger partial charge in [-0.3, -0.25) is 10.1 Å². The quantitative estimate of drug-likeness (QED) is 0.587. The van der Waals surface area contributed by atoms with Crippen molar-refractivity contribution in [2.75, 3.05) is 0 Å². The summed E-state index contributed by atoms with van der Waals surface area (Å²) >= 11 is 1.47. The molecule has 29 heavy (non-hydrogen) atoms. The maximum absolute atomic E-state index is 12.0. The summed E-state index contributed by atoms with van der Waals surface area (Å²) in [6.07, 6.45) is 0. The second-order valence-corrected chi connectivity index (χ2v) is 7.95. The van der Waals surface area contributed by atoms with Crippen LogP contribution in [0.25, 0.3) is 0 Å². The van der Waals surface area contributed by atoms with E-state index >= 15 is 0 Å². The average molecular weight is 408 g/mol. The SMILES string of the molecule is Cc1cccc(COc2ccc(Sc3cc(C)oc3C3NC(=O)NC3=O)cc2)c1. The molecule has 3 amide bonds. The minimum absolute atomic E-state index is 0.411. The van der Waals surface area contributed by atoms with Crippen molar-refractivity contribution in [2.24, 2.45) is 0 Å². The van der Waals surface area contributed by atoms with Crippen LogP contribution in [0.2, 0.25) is 0 Å². The van der Waals surface area contributed by atoms with Crippen molar-refractivity contribution in [1.82, 2.24) is 10.6 Å². The van der Waals surface area contributed by atoms with Crippen LogP contribution in [0.3, 0.4) is 0 Å². The van der Waals surface area contributed by atoms with Crippen molar-refractivity contribution in [3.63, 3.8) is 0 Å². The normalized spacial score (nSPS) is 15.9. The summed E-state index contributed by atoms with van der Waals surface area (Å²) in [6, 6.07) is 16.5. The summed E-state index contributed by atoms with van der Waals surface area (Å²) in [5, 5.41) is 4.81. The predicted molar refractivity (Wildman–Crippen MR) is 109 cm³/mol. The van der Waals surface area contributed by atoms with Crippen LogP contribution < -0.4 is 15.4 Å². The molecule has 1 saturated heterocycles. The summed E-state index contributed by atoms with van der Waals surface area (Å²) in [5.41, 5.74) is 2.33. The smallest absolute Gasteiger partial charge is 0.322 e. The Morgan fingerprint density at radius 3 is 2.55 bits per heavy atom. The molecule has 7 heteroatoms. The lowest BCUT2D eigenvalue weighted by Gasteiger charge is -2.09. The van der Waals surface area contributed by atoms with Crippen LogP contribution in [0.15, 0.2) is 68.8 Å². The minimum atomic E-state index is -0.810. The van der Waals surface area contributed by atoms with E-state index in [9.17, 15) is 9.59 Å². The Kier molecular flexibility index (Phi) is 5.31. The molecule has 1 aromatic heterocycles. The third-order valence-electron chi connectivity index (χ3n) is 4.42. The zero-order valence-electron chi connectivity index (χ0n) is 16.0. The fourth-order valence-electron chi connectivity index (χ4n) is 3.09. The largest absolute Gasteiger partial charge is 0.489 e. The van der Waals surface area contributed by atoms with E-state index in [0.717, 1.165) is 21.1 Å². The van der Waals surface area contributed by atoms with Gasteiger partial charge in [0.25, 0.3) is 5.91 Å². The first-order valence-electron chi connectivity index (χ1n) is 9.16. The molecule has 4 rings (SSSR count). The lowest BCUT2D eigenvalue weighted by Crippen LogP contribution is -2.22. The lowest BCUT2D eigenvalue weighted by molar-refractivity contribution is -0.120. The van der Waals surface area contributed by atoms with E-state index in [0.29, 0.717) is 18.1 Å². The predicted octanol–water partition coefficient (Wildman–Crippen LogP) is 4.51. The topological polar surface area (TPSA) is 80.6 Å². The second-order valence-electron chi connectivity index (χ2n) is 6.83. The van der Waals surface area contributed by atoms with Gasteiger partial charge in [0.2, 0.25) is 0 Å². The number of rotatable bonds is 6. The van der Waals surface area contributed by atoms with E-state index in [-0.39, 0.29) is 0 Å². The highest BCUT2D eigenvalue weighted by atomic mass is 32.2. The van der Waals surface area contributed by atoms with Crippen molar-refractivity contribution in [3.05, 3.63) is 77.2 Å². The van der Waals surface area contributed by atoms with E-state index in [4.69, 9.17) is 9.15 Å². The third-order valence-corrected chi connectivity index (χ3v) is 5.47. The fraction of sp³-hybridized carbons (Fsp3) is 0.182. The number of furan rings is 1. The van der Waals surface area contributed by atoms with Gasteiger partial charge in [0.05, 0.1) is 4.90 Å². The highest BCUT2D eigenvalue weighted by Crippen LogP contribution is 2.37. The first-order chi connectivity index (χ1) is 14.0. The third kappa shape index (κ3) is 4.46. The number of urea groups is 1. The number of ether oxygens (including phenoxy) is 1. The van der Waals surface area contributed by atoms with Crippen LogP contribution in [0.1, 0.15) is 28.7 Å². The Bertz CT molecular complexity index is 1060. The van der Waals surface area contributed by atoms with Gasteiger partial charge in [-0.15, -0.1) is 0 Å². The summed E-state index contributed by atoms with van der Waals surface area (Å²) in [6.45, 7) is 4.38. The Morgan fingerprint density at radius 1 is 1.07 bits per heavy atom. The molecule has 0 aliphatic carbocycles. The summed E-state index contributed by atoms with van der Waals surface area (Å²) < 4.78 is 11.5. The lowest BCUT2D eigenvalue weighted by atomic mass is 10.1. The molecule has 1 unspecified atom stereocenters. The zero-order chi connectivity index (χ0) is 20.4. The molecule has 0 saturated carbocycles. The van der Waals surface area contributed by atoms with Crippen LogP contribution in [-0.2, 0) is 11.4 Å². The molecule has 2 aromatic carbocycles. The van der Waals surface area contributed by atoms with Crippen LogP contribution in [0.5, 0.6) is 5.75 Å². The van der Waals surface area contributed by atoms with Gasteiger partial charge in [-0.2, -0.15) is 0 Å². The standard InChI is InChI=1S/C22H20N2O4S/c1-13-4-3-5-15(10-13)12-27-16-6-8-17(9-7-16)29-18-11-14(2)28-20(18)19-21(25)24-22(26)23-19/h3-11,19H,12H2,1-2H3,(H2,23,24,25,26). The molecular weight excluding hydrogens is 388 g/mol. The van der Waals surface area contributed by atoms with Crippen molar-refractivity contribution >= 4 is 23.7 Å². The molecule has 1 fully saturated rings. The van der Waals surface area contributed by atoms with E-state index in [1.807, 2.05) is 49.4 Å². The molecule has 1 aliphatic rings. The number of carbonyl (C=O) groups is 2. The summed E-state index contributed by atoms with van der Waals surface area (Å²) in [7, 11) is 0. The highest BCUT2D eigenvalue weighted by Gasteiger charge is 2.35. The van der Waals surface area contributed by atoms with Gasteiger partial charge >= 0.3 is 6.03 Å². The molecule has 2 heterocycles. The molecule has 3 aromatic rings. The Labute approximate surface area is 172 Å². The molecule has 1 aliphatic heterocycles. The Morgan fingerprint density at radius 2 is 1.86 bits per heavy atom. The molecule has 1 atom stereocenters. The summed E-state index contributed by atoms with van der Waals surface area (Å²) in [4.78, 5) is 25.2. The van der Waals surface area contributed by atoms with Gasteiger partial charge in [-0.1, -0.05) is 41.6 Å². The maximum Gasteiger partial charge on any atom is 0.322 e. The molecule has 0 bridgehead atoms. The number of imide groups is 1. The van der Waals surface area contributed by atoms with Gasteiger partial charge in [-0.25, -0.2) is 4.79 Å². The molecule has 148 valence electrons. The molecule has 6 nitrogen and oxygen atoms in total. The van der Waals surface area contributed by atoms with E-state index in [1.165, 1.54) is 17.3 Å². The van der Waals surface area contributed by atoms with Gasteiger partial charge < -0.3 is 14.5 Å².